The van der Waals surface area contributed by atoms with Crippen LogP contribution in [0, 0.1) is 0 Å². The number of nitrogens with two attached hydrogens (primary N) is 2. The van der Waals surface area contributed by atoms with Gasteiger partial charge in [0.15, 0.2) is 0 Å². The Morgan fingerprint density at radius 2 is 1.83 bits per heavy atom. The summed E-state index contributed by atoms with van der Waals surface area (Å²) in [5.74, 6) is -2.76. The monoisotopic (exact) mass is 388 g/mol. The Balaban J connectivity index is 0.000000570. The van der Waals surface area contributed by atoms with Gasteiger partial charge in [-0.25, -0.2) is 4.79 Å². The minimum absolute atomic E-state index is 0. The predicted octanol–water partition coefficient (Wildman–Crippen LogP) is 3.49. The van der Waals surface area contributed by atoms with Crippen molar-refractivity contribution in [1.29, 1.82) is 0 Å². The molecular weight excluding hydrogens is 368 g/mol. The van der Waals surface area contributed by atoms with Crippen LogP contribution in [-0.2, 0) is 10.2 Å². The molecule has 24 heavy (non-hydrogen) atoms. The van der Waals surface area contributed by atoms with Crippen molar-refractivity contribution in [3.8, 4) is 0 Å². The van der Waals surface area contributed by atoms with Gasteiger partial charge in [-0.05, 0) is 43.4 Å². The molecule has 1 aliphatic rings. The molecule has 1 saturated carbocycles. The summed E-state index contributed by atoms with van der Waals surface area (Å²) in [6.07, 6.45) is -0.816. The van der Waals surface area contributed by atoms with Crippen LogP contribution in [0.15, 0.2) is 24.3 Å². The van der Waals surface area contributed by atoms with Gasteiger partial charge >= 0.3 is 12.1 Å². The molecule has 0 unspecified atom stereocenters. The standard InChI is InChI=1S/C13H19ClN2.C2HF3O2.ClH/c14-11-3-1-2-10(8-11)13(9-15)6-4-12(16)5-7-13;3-2(4,5)1(6)7;/h1-3,8,12H,4-7,9,15-16H2;(H,6,7);1H. The molecule has 0 aliphatic heterocycles. The number of carbonyl (C=O) groups is 1. The van der Waals surface area contributed by atoms with Gasteiger partial charge < -0.3 is 16.6 Å². The first-order valence-electron chi connectivity index (χ1n) is 7.12. The molecule has 5 N–H and O–H groups in total. The van der Waals surface area contributed by atoms with Crippen molar-refractivity contribution in [1.82, 2.24) is 0 Å². The van der Waals surface area contributed by atoms with Crippen LogP contribution in [-0.4, -0.2) is 29.8 Å². The Bertz CT molecular complexity index is 534. The van der Waals surface area contributed by atoms with E-state index in [-0.39, 0.29) is 17.8 Å². The molecule has 1 aromatic rings. The number of halogens is 5. The van der Waals surface area contributed by atoms with Crippen LogP contribution in [0.1, 0.15) is 31.2 Å². The first-order chi connectivity index (χ1) is 10.6. The number of carboxylic acids is 1. The van der Waals surface area contributed by atoms with Crippen molar-refractivity contribution >= 4 is 30.0 Å². The fraction of sp³-hybridized carbons (Fsp3) is 0.533. The van der Waals surface area contributed by atoms with E-state index < -0.39 is 12.1 Å². The molecule has 0 amide bonds. The van der Waals surface area contributed by atoms with Gasteiger partial charge in [0.05, 0.1) is 0 Å². The van der Waals surface area contributed by atoms with Crippen LogP contribution in [0.25, 0.3) is 0 Å². The third kappa shape index (κ3) is 6.47. The number of hydrogen-bond acceptors (Lipinski definition) is 3. The zero-order chi connectivity index (χ0) is 17.7. The van der Waals surface area contributed by atoms with Crippen LogP contribution in [0.5, 0.6) is 0 Å². The van der Waals surface area contributed by atoms with Crippen LogP contribution in [0.3, 0.4) is 0 Å². The summed E-state index contributed by atoms with van der Waals surface area (Å²) in [5, 5.41) is 7.92. The van der Waals surface area contributed by atoms with Crippen LogP contribution < -0.4 is 11.5 Å². The third-order valence-corrected chi connectivity index (χ3v) is 4.29. The average molecular weight is 389 g/mol. The summed E-state index contributed by atoms with van der Waals surface area (Å²) in [5.41, 5.74) is 13.3. The second-order valence-electron chi connectivity index (χ2n) is 5.64. The molecule has 0 radical (unpaired) electrons. The van der Waals surface area contributed by atoms with E-state index in [1.807, 2.05) is 18.2 Å². The molecule has 9 heteroatoms. The normalized spacial score (nSPS) is 23.5. The zero-order valence-electron chi connectivity index (χ0n) is 12.9. The van der Waals surface area contributed by atoms with Gasteiger partial charge in [-0.15, -0.1) is 12.4 Å². The lowest BCUT2D eigenvalue weighted by Crippen LogP contribution is -2.42. The largest absolute Gasteiger partial charge is 0.490 e. The first kappa shape index (κ1) is 23.0. The Morgan fingerprint density at radius 1 is 1.33 bits per heavy atom. The van der Waals surface area contributed by atoms with Gasteiger partial charge in [-0.3, -0.25) is 0 Å². The topological polar surface area (TPSA) is 89.3 Å². The number of rotatable bonds is 2. The molecule has 0 spiro atoms. The number of alkyl halides is 3. The van der Waals surface area contributed by atoms with Gasteiger partial charge in [-0.2, -0.15) is 13.2 Å². The maximum absolute atomic E-state index is 10.6. The number of hydrogen-bond donors (Lipinski definition) is 3. The van der Waals surface area contributed by atoms with Gasteiger partial charge in [-0.1, -0.05) is 23.7 Å². The number of benzene rings is 1. The minimum Gasteiger partial charge on any atom is -0.475 e. The van der Waals surface area contributed by atoms with E-state index in [0.717, 1.165) is 30.7 Å². The number of carboxylic acid groups (broad SMARTS) is 1. The summed E-state index contributed by atoms with van der Waals surface area (Å²) in [6, 6.07) is 8.44. The van der Waals surface area contributed by atoms with Crippen LogP contribution in [0.2, 0.25) is 5.02 Å². The lowest BCUT2D eigenvalue weighted by Gasteiger charge is -2.39. The van der Waals surface area contributed by atoms with E-state index >= 15 is 0 Å². The molecule has 0 aromatic heterocycles. The molecule has 0 heterocycles. The lowest BCUT2D eigenvalue weighted by molar-refractivity contribution is -0.192. The highest BCUT2D eigenvalue weighted by Gasteiger charge is 2.38. The van der Waals surface area contributed by atoms with Crippen molar-refractivity contribution in [3.63, 3.8) is 0 Å². The summed E-state index contributed by atoms with van der Waals surface area (Å²) >= 11 is 6.05. The molecule has 1 aromatic carbocycles. The fourth-order valence-corrected chi connectivity index (χ4v) is 2.81. The van der Waals surface area contributed by atoms with E-state index in [0.29, 0.717) is 12.6 Å². The Morgan fingerprint density at radius 3 is 2.21 bits per heavy atom. The lowest BCUT2D eigenvalue weighted by atomic mass is 9.68. The molecule has 0 atom stereocenters. The molecule has 2 rings (SSSR count). The fourth-order valence-electron chi connectivity index (χ4n) is 2.62. The molecule has 4 nitrogen and oxygen atoms in total. The maximum atomic E-state index is 10.6. The molecule has 0 bridgehead atoms. The van der Waals surface area contributed by atoms with Gasteiger partial charge in [0, 0.05) is 23.0 Å². The average Bonchev–Trinajstić information content (AvgIpc) is 2.48. The Hall–Kier alpha value is -1.02. The maximum Gasteiger partial charge on any atom is 0.490 e. The van der Waals surface area contributed by atoms with Crippen molar-refractivity contribution in [2.75, 3.05) is 6.54 Å². The van der Waals surface area contributed by atoms with E-state index in [2.05, 4.69) is 6.07 Å². The predicted molar refractivity (Wildman–Crippen MR) is 89.6 cm³/mol. The Labute approximate surface area is 149 Å². The van der Waals surface area contributed by atoms with Crippen molar-refractivity contribution in [2.24, 2.45) is 11.5 Å². The smallest absolute Gasteiger partial charge is 0.475 e. The molecule has 1 fully saturated rings. The van der Waals surface area contributed by atoms with Gasteiger partial charge in [0.1, 0.15) is 0 Å². The van der Waals surface area contributed by atoms with Gasteiger partial charge in [0.25, 0.3) is 0 Å². The SMILES string of the molecule is Cl.NCC1(c2cccc(Cl)c2)CCC(N)CC1.O=C(O)C(F)(F)F. The minimum atomic E-state index is -5.08. The van der Waals surface area contributed by atoms with E-state index in [1.165, 1.54) is 5.56 Å². The molecule has 1 aliphatic carbocycles. The summed E-state index contributed by atoms with van der Waals surface area (Å²) in [6.45, 7) is 0.681. The van der Waals surface area contributed by atoms with Crippen LogP contribution in [0.4, 0.5) is 13.2 Å². The van der Waals surface area contributed by atoms with Gasteiger partial charge in [0.2, 0.25) is 0 Å². The first-order valence-corrected chi connectivity index (χ1v) is 7.50. The van der Waals surface area contributed by atoms with E-state index in [9.17, 15) is 13.2 Å². The molecule has 138 valence electrons. The van der Waals surface area contributed by atoms with Crippen LogP contribution >= 0.6 is 24.0 Å². The quantitative estimate of drug-likeness (QED) is 0.723. The summed E-state index contributed by atoms with van der Waals surface area (Å²) < 4.78 is 31.7. The highest BCUT2D eigenvalue weighted by atomic mass is 35.5. The summed E-state index contributed by atoms with van der Waals surface area (Å²) in [4.78, 5) is 8.90. The second kappa shape index (κ2) is 9.46. The highest BCUT2D eigenvalue weighted by Crippen LogP contribution is 2.38. The second-order valence-corrected chi connectivity index (χ2v) is 6.07. The van der Waals surface area contributed by atoms with Crippen molar-refractivity contribution in [3.05, 3.63) is 34.9 Å². The van der Waals surface area contributed by atoms with E-state index in [1.54, 1.807) is 0 Å². The summed E-state index contributed by atoms with van der Waals surface area (Å²) in [7, 11) is 0. The molecule has 0 saturated heterocycles. The zero-order valence-corrected chi connectivity index (χ0v) is 14.4. The van der Waals surface area contributed by atoms with Crippen molar-refractivity contribution < 1.29 is 23.1 Å². The third-order valence-electron chi connectivity index (χ3n) is 4.06. The van der Waals surface area contributed by atoms with Crippen molar-refractivity contribution in [2.45, 2.75) is 43.3 Å². The highest BCUT2D eigenvalue weighted by molar-refractivity contribution is 6.30. The number of aliphatic carboxylic acids is 1. The molecular formula is C15H21Cl2F3N2O2. The van der Waals surface area contributed by atoms with E-state index in [4.69, 9.17) is 33.0 Å². The Kier molecular flexibility index (Phi) is 9.06.